The van der Waals surface area contributed by atoms with Gasteiger partial charge >= 0.3 is 0 Å². The van der Waals surface area contributed by atoms with E-state index in [4.69, 9.17) is 4.74 Å². The molecule has 2 fully saturated rings. The molecule has 4 unspecified atom stereocenters. The molecule has 0 N–H and O–H groups in total. The number of rotatable bonds is 0. The molecule has 64 valence electrons. The van der Waals surface area contributed by atoms with E-state index in [9.17, 15) is 4.79 Å². The van der Waals surface area contributed by atoms with E-state index in [1.807, 2.05) is 0 Å². The molecule has 1 aliphatic heterocycles. The molecule has 2 aliphatic carbocycles. The zero-order valence-corrected chi connectivity index (χ0v) is 7.12. The summed E-state index contributed by atoms with van der Waals surface area (Å²) < 4.78 is 5.35. The first-order valence-corrected chi connectivity index (χ1v) is 4.58. The smallest absolute Gasteiger partial charge is 0.168 e. The molecule has 0 radical (unpaired) electrons. The summed E-state index contributed by atoms with van der Waals surface area (Å²) in [5.41, 5.74) is 0.135. The first-order valence-electron chi connectivity index (χ1n) is 4.58. The Morgan fingerprint density at radius 2 is 2.42 bits per heavy atom. The second-order valence-corrected chi connectivity index (χ2v) is 4.35. The van der Waals surface area contributed by atoms with E-state index in [2.05, 4.69) is 19.1 Å². The molecule has 2 nitrogen and oxygen atoms in total. The Balaban J connectivity index is 2.04. The molecule has 2 heteroatoms. The molecular weight excluding hydrogens is 152 g/mol. The highest BCUT2D eigenvalue weighted by Crippen LogP contribution is 2.57. The molecule has 1 heterocycles. The van der Waals surface area contributed by atoms with Crippen LogP contribution >= 0.6 is 0 Å². The maximum Gasteiger partial charge on any atom is 0.168 e. The van der Waals surface area contributed by atoms with E-state index in [-0.39, 0.29) is 23.5 Å². The molecular formula is C10H12O2. The first kappa shape index (κ1) is 6.84. The van der Waals surface area contributed by atoms with Gasteiger partial charge in [0, 0.05) is 11.3 Å². The molecule has 0 spiro atoms. The minimum Gasteiger partial charge on any atom is -0.361 e. The van der Waals surface area contributed by atoms with Gasteiger partial charge in [0.15, 0.2) is 5.78 Å². The van der Waals surface area contributed by atoms with Gasteiger partial charge in [0.2, 0.25) is 0 Å². The van der Waals surface area contributed by atoms with Crippen LogP contribution in [0.5, 0.6) is 0 Å². The molecule has 4 atom stereocenters. The van der Waals surface area contributed by atoms with E-state index in [1.54, 1.807) is 0 Å². The second kappa shape index (κ2) is 1.82. The van der Waals surface area contributed by atoms with Crippen molar-refractivity contribution in [2.45, 2.75) is 32.0 Å². The average Bonchev–Trinajstić information content (AvgIpc) is 2.79. The monoisotopic (exact) mass is 164 g/mol. The van der Waals surface area contributed by atoms with E-state index in [1.165, 1.54) is 0 Å². The Morgan fingerprint density at radius 1 is 1.58 bits per heavy atom. The van der Waals surface area contributed by atoms with Gasteiger partial charge in [0.1, 0.15) is 6.10 Å². The van der Waals surface area contributed by atoms with Crippen molar-refractivity contribution >= 4 is 5.78 Å². The van der Waals surface area contributed by atoms with Gasteiger partial charge < -0.3 is 4.74 Å². The predicted octanol–water partition coefficient (Wildman–Crippen LogP) is 1.31. The van der Waals surface area contributed by atoms with Crippen molar-refractivity contribution in [1.29, 1.82) is 0 Å². The maximum absolute atomic E-state index is 11.6. The minimum absolute atomic E-state index is 0.0279. The van der Waals surface area contributed by atoms with Crippen molar-refractivity contribution in [3.8, 4) is 0 Å². The lowest BCUT2D eigenvalue weighted by atomic mass is 9.71. The average molecular weight is 164 g/mol. The fourth-order valence-electron chi connectivity index (χ4n) is 2.77. The second-order valence-electron chi connectivity index (χ2n) is 4.35. The number of allylic oxidation sites excluding steroid dienone is 2. The van der Waals surface area contributed by atoms with Crippen LogP contribution in [0.3, 0.4) is 0 Å². The molecule has 3 rings (SSSR count). The Hall–Kier alpha value is -0.630. The largest absolute Gasteiger partial charge is 0.361 e. The molecule has 0 aromatic heterocycles. The van der Waals surface area contributed by atoms with Gasteiger partial charge in [-0.2, -0.15) is 0 Å². The Labute approximate surface area is 71.6 Å². The van der Waals surface area contributed by atoms with E-state index in [0.29, 0.717) is 5.78 Å². The number of Topliss-reactive ketones (excluding diaryl/α,β-unsaturated/α-hetero) is 1. The number of epoxide rings is 1. The third kappa shape index (κ3) is 0.589. The molecule has 0 bridgehead atoms. The van der Waals surface area contributed by atoms with Crippen LogP contribution in [-0.4, -0.2) is 18.0 Å². The quantitative estimate of drug-likeness (QED) is 0.399. The maximum atomic E-state index is 11.6. The third-order valence-electron chi connectivity index (χ3n) is 3.66. The van der Waals surface area contributed by atoms with Crippen molar-refractivity contribution in [1.82, 2.24) is 0 Å². The predicted molar refractivity (Wildman–Crippen MR) is 43.6 cm³/mol. The molecule has 1 saturated heterocycles. The molecule has 1 saturated carbocycles. The zero-order chi connectivity index (χ0) is 8.34. The van der Waals surface area contributed by atoms with Crippen molar-refractivity contribution < 1.29 is 9.53 Å². The van der Waals surface area contributed by atoms with Crippen LogP contribution in [0.4, 0.5) is 0 Å². The highest BCUT2D eigenvalue weighted by atomic mass is 16.6. The number of hydrogen-bond donors (Lipinski definition) is 0. The SMILES string of the molecule is CC12CC=CCC1C(=O)C1OC12. The lowest BCUT2D eigenvalue weighted by molar-refractivity contribution is -0.127. The van der Waals surface area contributed by atoms with Crippen LogP contribution in [0.25, 0.3) is 0 Å². The fourth-order valence-corrected chi connectivity index (χ4v) is 2.77. The summed E-state index contributed by atoms with van der Waals surface area (Å²) in [6.45, 7) is 2.19. The van der Waals surface area contributed by atoms with Crippen LogP contribution in [0.1, 0.15) is 19.8 Å². The van der Waals surface area contributed by atoms with Crippen molar-refractivity contribution in [3.05, 3.63) is 12.2 Å². The van der Waals surface area contributed by atoms with Crippen LogP contribution < -0.4 is 0 Å². The van der Waals surface area contributed by atoms with Gasteiger partial charge in [0.05, 0.1) is 6.10 Å². The first-order chi connectivity index (χ1) is 5.73. The van der Waals surface area contributed by atoms with Crippen LogP contribution in [0.15, 0.2) is 12.2 Å². The Bertz CT molecular complexity index is 282. The van der Waals surface area contributed by atoms with Crippen molar-refractivity contribution in [2.75, 3.05) is 0 Å². The highest BCUT2D eigenvalue weighted by molar-refractivity contribution is 5.92. The van der Waals surface area contributed by atoms with E-state index in [0.717, 1.165) is 12.8 Å². The van der Waals surface area contributed by atoms with Crippen molar-refractivity contribution in [2.24, 2.45) is 11.3 Å². The standard InChI is InChI=1S/C10H12O2/c1-10-5-3-2-4-6(10)7(11)8-9(10)12-8/h2-3,6,8-9H,4-5H2,1H3. The van der Waals surface area contributed by atoms with E-state index >= 15 is 0 Å². The Kier molecular flexibility index (Phi) is 1.04. The lowest BCUT2D eigenvalue weighted by Crippen LogP contribution is -2.33. The number of ether oxygens (including phenoxy) is 1. The molecule has 0 aromatic rings. The van der Waals surface area contributed by atoms with Crippen LogP contribution in [-0.2, 0) is 9.53 Å². The molecule has 0 aromatic carbocycles. The summed E-state index contributed by atoms with van der Waals surface area (Å²) in [5, 5.41) is 0. The van der Waals surface area contributed by atoms with Crippen LogP contribution in [0, 0.1) is 11.3 Å². The van der Waals surface area contributed by atoms with Crippen molar-refractivity contribution in [3.63, 3.8) is 0 Å². The highest BCUT2D eigenvalue weighted by Gasteiger charge is 2.67. The molecule has 12 heavy (non-hydrogen) atoms. The summed E-state index contributed by atoms with van der Waals surface area (Å²) >= 11 is 0. The lowest BCUT2D eigenvalue weighted by Gasteiger charge is -2.33. The van der Waals surface area contributed by atoms with Crippen LogP contribution in [0.2, 0.25) is 0 Å². The van der Waals surface area contributed by atoms with Gasteiger partial charge in [-0.1, -0.05) is 19.1 Å². The number of fused-ring (bicyclic) bond motifs is 3. The van der Waals surface area contributed by atoms with Gasteiger partial charge in [0.25, 0.3) is 0 Å². The normalized spacial score (nSPS) is 55.1. The van der Waals surface area contributed by atoms with Gasteiger partial charge in [-0.15, -0.1) is 0 Å². The number of carbonyl (C=O) groups is 1. The number of hydrogen-bond acceptors (Lipinski definition) is 2. The van der Waals surface area contributed by atoms with Gasteiger partial charge in [-0.05, 0) is 12.8 Å². The van der Waals surface area contributed by atoms with Gasteiger partial charge in [-0.3, -0.25) is 4.79 Å². The zero-order valence-electron chi connectivity index (χ0n) is 7.12. The Morgan fingerprint density at radius 3 is 3.17 bits per heavy atom. The number of carbonyl (C=O) groups excluding carboxylic acids is 1. The summed E-state index contributed by atoms with van der Waals surface area (Å²) in [4.78, 5) is 11.6. The molecule has 0 amide bonds. The summed E-state index contributed by atoms with van der Waals surface area (Å²) in [7, 11) is 0. The summed E-state index contributed by atoms with van der Waals surface area (Å²) in [6, 6.07) is 0. The summed E-state index contributed by atoms with van der Waals surface area (Å²) in [5.74, 6) is 0.609. The molecule has 3 aliphatic rings. The third-order valence-corrected chi connectivity index (χ3v) is 3.66. The fraction of sp³-hybridized carbons (Fsp3) is 0.700. The summed E-state index contributed by atoms with van der Waals surface area (Å²) in [6.07, 6.45) is 6.50. The minimum atomic E-state index is -0.0279. The topological polar surface area (TPSA) is 29.6 Å². The number of ketones is 1. The van der Waals surface area contributed by atoms with Gasteiger partial charge in [-0.25, -0.2) is 0 Å². The van der Waals surface area contributed by atoms with E-state index < -0.39 is 0 Å².